The first-order chi connectivity index (χ1) is 15.8. The molecule has 3 N–H and O–H groups in total. The summed E-state index contributed by atoms with van der Waals surface area (Å²) in [5, 5.41) is 8.01. The largest absolute Gasteiger partial charge is 0.326 e. The van der Waals surface area contributed by atoms with Crippen LogP contribution in [0.15, 0.2) is 78.9 Å². The maximum absolute atomic E-state index is 12.8. The van der Waals surface area contributed by atoms with Crippen LogP contribution < -0.4 is 16.0 Å². The summed E-state index contributed by atoms with van der Waals surface area (Å²) in [6.07, 6.45) is 3.21. The summed E-state index contributed by atoms with van der Waals surface area (Å²) in [6, 6.07) is 20.6. The smallest absolute Gasteiger partial charge is 0.255 e. The summed E-state index contributed by atoms with van der Waals surface area (Å²) in [6.45, 7) is 2.71. The van der Waals surface area contributed by atoms with Gasteiger partial charge in [-0.25, -0.2) is 0 Å². The molecule has 0 radical (unpaired) electrons. The molecule has 0 bridgehead atoms. The Bertz CT molecular complexity index is 1180. The van der Waals surface area contributed by atoms with Gasteiger partial charge in [-0.05, 0) is 42.0 Å². The number of allylic oxidation sites excluding steroid dienone is 1. The Morgan fingerprint density at radius 3 is 1.76 bits per heavy atom. The highest BCUT2D eigenvalue weighted by molar-refractivity contribution is 6.07. The second kappa shape index (κ2) is 10.7. The van der Waals surface area contributed by atoms with E-state index in [1.165, 1.54) is 32.1 Å². The molecule has 7 nitrogen and oxygen atoms in total. The highest BCUT2D eigenvalue weighted by Crippen LogP contribution is 2.21. The van der Waals surface area contributed by atoms with Crippen molar-refractivity contribution in [3.05, 3.63) is 95.6 Å². The maximum atomic E-state index is 12.8. The van der Waals surface area contributed by atoms with E-state index in [0.29, 0.717) is 22.6 Å². The fraction of sp³-hybridized carbons (Fsp3) is 0.0769. The molecule has 3 amide bonds. The number of rotatable bonds is 7. The summed E-state index contributed by atoms with van der Waals surface area (Å²) >= 11 is 0. The molecule has 0 aliphatic heterocycles. The predicted octanol–water partition coefficient (Wildman–Crippen LogP) is 4.75. The first-order valence-corrected chi connectivity index (χ1v) is 10.2. The summed E-state index contributed by atoms with van der Waals surface area (Å²) in [4.78, 5) is 47.7. The predicted molar refractivity (Wildman–Crippen MR) is 129 cm³/mol. The van der Waals surface area contributed by atoms with Crippen LogP contribution in [0, 0.1) is 0 Å². The molecule has 0 aromatic heterocycles. The molecule has 0 saturated carbocycles. The van der Waals surface area contributed by atoms with Crippen molar-refractivity contribution in [1.82, 2.24) is 0 Å². The average molecular weight is 441 g/mol. The molecule has 0 fully saturated rings. The van der Waals surface area contributed by atoms with Crippen LogP contribution in [-0.2, 0) is 9.59 Å². The number of ketones is 1. The fourth-order valence-corrected chi connectivity index (χ4v) is 3.06. The van der Waals surface area contributed by atoms with E-state index >= 15 is 0 Å². The molecule has 0 aliphatic rings. The number of hydrogen-bond acceptors (Lipinski definition) is 4. The van der Waals surface area contributed by atoms with E-state index in [2.05, 4.69) is 16.0 Å². The zero-order valence-corrected chi connectivity index (χ0v) is 18.2. The van der Waals surface area contributed by atoms with Gasteiger partial charge in [0.1, 0.15) is 0 Å². The van der Waals surface area contributed by atoms with Gasteiger partial charge in [-0.2, -0.15) is 0 Å². The van der Waals surface area contributed by atoms with Crippen LogP contribution in [0.5, 0.6) is 0 Å². The Hall–Kier alpha value is -4.52. The molecule has 0 atom stereocenters. The SMILES string of the molecule is CC(=O)Nc1cc(NC(C)=O)cc(C(=O)Nc2ccc(C=CC(=O)c3ccccc3)cc2)c1. The van der Waals surface area contributed by atoms with Crippen molar-refractivity contribution >= 4 is 46.6 Å². The normalized spacial score (nSPS) is 10.5. The summed E-state index contributed by atoms with van der Waals surface area (Å²) in [7, 11) is 0. The number of anilines is 3. The van der Waals surface area contributed by atoms with Crippen LogP contribution in [-0.4, -0.2) is 23.5 Å². The number of carbonyl (C=O) groups excluding carboxylic acids is 4. The average Bonchev–Trinajstić information content (AvgIpc) is 2.78. The number of hydrogen-bond donors (Lipinski definition) is 3. The number of nitrogens with one attached hydrogen (secondary N) is 3. The van der Waals surface area contributed by atoms with Gasteiger partial charge in [0.15, 0.2) is 5.78 Å². The minimum atomic E-state index is -0.406. The molecule has 0 spiro atoms. The maximum Gasteiger partial charge on any atom is 0.255 e. The lowest BCUT2D eigenvalue weighted by Crippen LogP contribution is -2.15. The van der Waals surface area contributed by atoms with Crippen molar-refractivity contribution in [2.45, 2.75) is 13.8 Å². The van der Waals surface area contributed by atoms with Gasteiger partial charge in [-0.15, -0.1) is 0 Å². The Labute approximate surface area is 191 Å². The second-order valence-corrected chi connectivity index (χ2v) is 7.30. The van der Waals surface area contributed by atoms with Crippen LogP contribution >= 0.6 is 0 Å². The van der Waals surface area contributed by atoms with Crippen molar-refractivity contribution < 1.29 is 19.2 Å². The van der Waals surface area contributed by atoms with Gasteiger partial charge in [0.2, 0.25) is 11.8 Å². The van der Waals surface area contributed by atoms with Gasteiger partial charge in [-0.1, -0.05) is 48.5 Å². The van der Waals surface area contributed by atoms with Crippen LogP contribution in [0.25, 0.3) is 6.08 Å². The molecule has 166 valence electrons. The Morgan fingerprint density at radius 1 is 0.636 bits per heavy atom. The van der Waals surface area contributed by atoms with Crippen molar-refractivity contribution in [3.63, 3.8) is 0 Å². The zero-order chi connectivity index (χ0) is 23.8. The van der Waals surface area contributed by atoms with Gasteiger partial charge in [0.05, 0.1) is 0 Å². The lowest BCUT2D eigenvalue weighted by atomic mass is 10.1. The van der Waals surface area contributed by atoms with Crippen molar-refractivity contribution in [2.75, 3.05) is 16.0 Å². The van der Waals surface area contributed by atoms with E-state index in [1.807, 2.05) is 18.2 Å². The Kier molecular flexibility index (Phi) is 7.49. The topological polar surface area (TPSA) is 104 Å². The van der Waals surface area contributed by atoms with Crippen LogP contribution in [0.2, 0.25) is 0 Å². The minimum absolute atomic E-state index is 0.0954. The van der Waals surface area contributed by atoms with Gasteiger partial charge in [0.25, 0.3) is 5.91 Å². The van der Waals surface area contributed by atoms with E-state index < -0.39 is 5.91 Å². The molecule has 0 heterocycles. The lowest BCUT2D eigenvalue weighted by molar-refractivity contribution is -0.115. The van der Waals surface area contributed by atoms with Crippen molar-refractivity contribution in [3.8, 4) is 0 Å². The van der Waals surface area contributed by atoms with Crippen LogP contribution in [0.1, 0.15) is 40.1 Å². The molecule has 7 heteroatoms. The summed E-state index contributed by atoms with van der Waals surface area (Å²) in [5.74, 6) is -1.09. The monoisotopic (exact) mass is 441 g/mol. The third-order valence-corrected chi connectivity index (χ3v) is 4.49. The number of benzene rings is 3. The molecular formula is C26H23N3O4. The number of carbonyl (C=O) groups is 4. The standard InChI is InChI=1S/C26H23N3O4/c1-17(30)27-23-14-21(15-24(16-23)28-18(2)31)26(33)29-22-11-8-19(9-12-22)10-13-25(32)20-6-4-3-5-7-20/h3-16H,1-2H3,(H,27,30)(H,28,31)(H,29,33). The van der Waals surface area contributed by atoms with E-state index in [0.717, 1.165) is 5.56 Å². The van der Waals surface area contributed by atoms with Gasteiger partial charge in [0, 0.05) is 42.0 Å². The zero-order valence-electron chi connectivity index (χ0n) is 18.2. The highest BCUT2D eigenvalue weighted by atomic mass is 16.2. The second-order valence-electron chi connectivity index (χ2n) is 7.30. The van der Waals surface area contributed by atoms with Crippen molar-refractivity contribution in [1.29, 1.82) is 0 Å². The molecule has 0 aliphatic carbocycles. The first kappa shape index (κ1) is 23.1. The molecule has 0 saturated heterocycles. The van der Waals surface area contributed by atoms with Crippen molar-refractivity contribution in [2.24, 2.45) is 0 Å². The van der Waals surface area contributed by atoms with E-state index in [4.69, 9.17) is 0 Å². The van der Waals surface area contributed by atoms with Gasteiger partial charge >= 0.3 is 0 Å². The summed E-state index contributed by atoms with van der Waals surface area (Å²) < 4.78 is 0. The van der Waals surface area contributed by atoms with Crippen LogP contribution in [0.3, 0.4) is 0 Å². The third kappa shape index (κ3) is 7.00. The Morgan fingerprint density at radius 2 is 1.21 bits per heavy atom. The number of amides is 3. The van der Waals surface area contributed by atoms with Gasteiger partial charge < -0.3 is 16.0 Å². The van der Waals surface area contributed by atoms with E-state index in [9.17, 15) is 19.2 Å². The highest BCUT2D eigenvalue weighted by Gasteiger charge is 2.11. The molecule has 0 unspecified atom stereocenters. The van der Waals surface area contributed by atoms with E-state index in [-0.39, 0.29) is 23.2 Å². The van der Waals surface area contributed by atoms with Gasteiger partial charge in [-0.3, -0.25) is 19.2 Å². The quantitative estimate of drug-likeness (QED) is 0.363. The molecule has 33 heavy (non-hydrogen) atoms. The minimum Gasteiger partial charge on any atom is -0.326 e. The molecule has 3 rings (SSSR count). The Balaban J connectivity index is 1.71. The third-order valence-electron chi connectivity index (χ3n) is 4.49. The van der Waals surface area contributed by atoms with E-state index in [1.54, 1.807) is 48.5 Å². The van der Waals surface area contributed by atoms with Crippen LogP contribution in [0.4, 0.5) is 17.1 Å². The summed E-state index contributed by atoms with van der Waals surface area (Å²) in [5.41, 5.74) is 3.01. The first-order valence-electron chi connectivity index (χ1n) is 10.2. The lowest BCUT2D eigenvalue weighted by Gasteiger charge is -2.11. The molecular weight excluding hydrogens is 418 g/mol. The molecule has 3 aromatic carbocycles. The molecule has 3 aromatic rings. The fourth-order valence-electron chi connectivity index (χ4n) is 3.06.